The zero-order valence-electron chi connectivity index (χ0n) is 11.9. The van der Waals surface area contributed by atoms with Gasteiger partial charge in [-0.25, -0.2) is 4.79 Å². The summed E-state index contributed by atoms with van der Waals surface area (Å²) in [6, 6.07) is 15.2. The highest BCUT2D eigenvalue weighted by Gasteiger charge is 2.17. The monoisotopic (exact) mass is 347 g/mol. The van der Waals surface area contributed by atoms with Gasteiger partial charge in [0.05, 0.1) is 11.3 Å². The Morgan fingerprint density at radius 3 is 2.52 bits per heavy atom. The molecule has 0 heterocycles. The molecule has 0 atom stereocenters. The van der Waals surface area contributed by atoms with Crippen LogP contribution in [0.4, 0.5) is 11.4 Å². The van der Waals surface area contributed by atoms with Crippen molar-refractivity contribution in [1.82, 2.24) is 0 Å². The highest BCUT2D eigenvalue weighted by molar-refractivity contribution is 9.10. The number of halogens is 1. The summed E-state index contributed by atoms with van der Waals surface area (Å²) in [6.45, 7) is 2.92. The normalized spacial score (nSPS) is 10.4. The topological polar surface area (TPSA) is 40.5 Å². The molecule has 1 N–H and O–H groups in total. The van der Waals surface area contributed by atoms with Crippen molar-refractivity contribution in [3.05, 3.63) is 58.6 Å². The van der Waals surface area contributed by atoms with Gasteiger partial charge >= 0.3 is 5.97 Å². The zero-order chi connectivity index (χ0) is 15.2. The first kappa shape index (κ1) is 15.6. The maximum Gasteiger partial charge on any atom is 0.337 e. The van der Waals surface area contributed by atoms with E-state index < -0.39 is 5.97 Å². The first-order valence-corrected chi connectivity index (χ1v) is 7.78. The van der Waals surface area contributed by atoms with E-state index >= 15 is 0 Å². The fourth-order valence-corrected chi connectivity index (χ4v) is 2.57. The average molecular weight is 348 g/mol. The molecule has 0 saturated heterocycles. The molecule has 0 aliphatic rings. The van der Waals surface area contributed by atoms with Crippen LogP contribution in [0.1, 0.15) is 30.1 Å². The summed E-state index contributed by atoms with van der Waals surface area (Å²) in [5, 5.41) is 9.44. The fraction of sp³-hybridized carbons (Fsp3) is 0.235. The van der Waals surface area contributed by atoms with Gasteiger partial charge in [0.25, 0.3) is 0 Å². The van der Waals surface area contributed by atoms with Crippen molar-refractivity contribution in [2.45, 2.75) is 19.8 Å². The molecule has 110 valence electrons. The van der Waals surface area contributed by atoms with E-state index in [1.807, 2.05) is 36.4 Å². The Morgan fingerprint density at radius 2 is 1.90 bits per heavy atom. The third-order valence-electron chi connectivity index (χ3n) is 3.28. The van der Waals surface area contributed by atoms with Gasteiger partial charge in [-0.15, -0.1) is 0 Å². The second kappa shape index (κ2) is 7.27. The van der Waals surface area contributed by atoms with Gasteiger partial charge in [0.15, 0.2) is 0 Å². The Morgan fingerprint density at radius 1 is 1.19 bits per heavy atom. The fourth-order valence-electron chi connectivity index (χ4n) is 2.22. The molecule has 2 aromatic rings. The van der Waals surface area contributed by atoms with Crippen molar-refractivity contribution in [3.63, 3.8) is 0 Å². The number of carboxylic acids is 1. The summed E-state index contributed by atoms with van der Waals surface area (Å²) in [4.78, 5) is 13.6. The first-order chi connectivity index (χ1) is 10.1. The van der Waals surface area contributed by atoms with E-state index in [-0.39, 0.29) is 0 Å². The van der Waals surface area contributed by atoms with E-state index in [1.54, 1.807) is 12.1 Å². The summed E-state index contributed by atoms with van der Waals surface area (Å²) < 4.78 is 0.875. The van der Waals surface area contributed by atoms with Crippen LogP contribution in [0.3, 0.4) is 0 Å². The van der Waals surface area contributed by atoms with Crippen LogP contribution in [0.25, 0.3) is 0 Å². The molecule has 0 bridgehead atoms. The molecule has 0 spiro atoms. The van der Waals surface area contributed by atoms with Crippen LogP contribution in [0.15, 0.2) is 53.0 Å². The van der Waals surface area contributed by atoms with Gasteiger partial charge in [-0.1, -0.05) is 47.5 Å². The minimum Gasteiger partial charge on any atom is -0.478 e. The molecule has 0 aliphatic carbocycles. The molecule has 3 nitrogen and oxygen atoms in total. The number of carbonyl (C=O) groups is 1. The lowest BCUT2D eigenvalue weighted by atomic mass is 10.1. The highest BCUT2D eigenvalue weighted by atomic mass is 79.9. The van der Waals surface area contributed by atoms with E-state index in [2.05, 4.69) is 27.8 Å². The third kappa shape index (κ3) is 3.85. The van der Waals surface area contributed by atoms with E-state index in [0.717, 1.165) is 35.2 Å². The largest absolute Gasteiger partial charge is 0.478 e. The average Bonchev–Trinajstić information content (AvgIpc) is 2.48. The van der Waals surface area contributed by atoms with E-state index in [4.69, 9.17) is 0 Å². The second-order valence-corrected chi connectivity index (χ2v) is 5.72. The first-order valence-electron chi connectivity index (χ1n) is 6.99. The number of aromatic carboxylic acids is 1. The predicted molar refractivity (Wildman–Crippen MR) is 89.5 cm³/mol. The van der Waals surface area contributed by atoms with E-state index in [9.17, 15) is 9.90 Å². The summed E-state index contributed by atoms with van der Waals surface area (Å²) >= 11 is 3.43. The number of benzene rings is 2. The number of unbranched alkanes of at least 4 members (excludes halogenated alkanes) is 1. The number of hydrogen-bond acceptors (Lipinski definition) is 2. The van der Waals surface area contributed by atoms with Gasteiger partial charge in [0.1, 0.15) is 0 Å². The lowest BCUT2D eigenvalue weighted by Gasteiger charge is -2.26. The maximum absolute atomic E-state index is 11.5. The van der Waals surface area contributed by atoms with Gasteiger partial charge in [0, 0.05) is 16.7 Å². The number of carboxylic acid groups (broad SMARTS) is 1. The molecule has 4 heteroatoms. The van der Waals surface area contributed by atoms with Crippen molar-refractivity contribution in [1.29, 1.82) is 0 Å². The molecular formula is C17H18BrNO2. The molecule has 0 aromatic heterocycles. The van der Waals surface area contributed by atoms with Crippen LogP contribution >= 0.6 is 15.9 Å². The van der Waals surface area contributed by atoms with Gasteiger partial charge in [-0.05, 0) is 36.8 Å². The summed E-state index contributed by atoms with van der Waals surface area (Å²) in [5.41, 5.74) is 2.04. The van der Waals surface area contributed by atoms with Crippen LogP contribution < -0.4 is 4.90 Å². The minimum absolute atomic E-state index is 0.318. The van der Waals surface area contributed by atoms with Crippen LogP contribution in [0.5, 0.6) is 0 Å². The van der Waals surface area contributed by atoms with Crippen molar-refractivity contribution in [2.75, 3.05) is 11.4 Å². The highest BCUT2D eigenvalue weighted by Crippen LogP contribution is 2.31. The molecule has 0 fully saturated rings. The number of nitrogens with zero attached hydrogens (tertiary/aromatic N) is 1. The molecule has 0 aliphatic heterocycles. The van der Waals surface area contributed by atoms with Gasteiger partial charge in [-0.2, -0.15) is 0 Å². The number of rotatable bonds is 6. The van der Waals surface area contributed by atoms with Crippen LogP contribution in [0.2, 0.25) is 0 Å². The summed E-state index contributed by atoms with van der Waals surface area (Å²) in [6.07, 6.45) is 2.06. The quantitative estimate of drug-likeness (QED) is 0.791. The van der Waals surface area contributed by atoms with E-state index in [1.165, 1.54) is 0 Å². The Balaban J connectivity index is 2.50. The summed E-state index contributed by atoms with van der Waals surface area (Å²) in [5.74, 6) is -0.907. The van der Waals surface area contributed by atoms with Crippen LogP contribution in [-0.2, 0) is 0 Å². The Bertz CT molecular complexity index is 613. The number of hydrogen-bond donors (Lipinski definition) is 1. The SMILES string of the molecule is CCCCN(c1ccccc1)c1cc(Br)ccc1C(=O)O. The predicted octanol–water partition coefficient (Wildman–Crippen LogP) is 5.09. The van der Waals surface area contributed by atoms with Crippen LogP contribution in [-0.4, -0.2) is 17.6 Å². The lowest BCUT2D eigenvalue weighted by Crippen LogP contribution is -2.21. The lowest BCUT2D eigenvalue weighted by molar-refractivity contribution is 0.0697. The Hall–Kier alpha value is -1.81. The van der Waals surface area contributed by atoms with E-state index in [0.29, 0.717) is 5.56 Å². The molecule has 21 heavy (non-hydrogen) atoms. The van der Waals surface area contributed by atoms with Crippen molar-refractivity contribution in [2.24, 2.45) is 0 Å². The Labute approximate surface area is 133 Å². The summed E-state index contributed by atoms with van der Waals surface area (Å²) in [7, 11) is 0. The number of para-hydroxylation sites is 1. The zero-order valence-corrected chi connectivity index (χ0v) is 13.5. The smallest absolute Gasteiger partial charge is 0.337 e. The molecule has 0 radical (unpaired) electrons. The molecule has 2 aromatic carbocycles. The molecular weight excluding hydrogens is 330 g/mol. The standard InChI is InChI=1S/C17H18BrNO2/c1-2-3-11-19(14-7-5-4-6-8-14)16-12-13(18)9-10-15(16)17(20)21/h4-10,12H,2-3,11H2,1H3,(H,20,21). The molecule has 2 rings (SSSR count). The minimum atomic E-state index is -0.907. The number of anilines is 2. The second-order valence-electron chi connectivity index (χ2n) is 4.81. The van der Waals surface area contributed by atoms with Crippen LogP contribution in [0, 0.1) is 0 Å². The molecule has 0 unspecified atom stereocenters. The van der Waals surface area contributed by atoms with Gasteiger partial charge in [-0.3, -0.25) is 0 Å². The van der Waals surface area contributed by atoms with Gasteiger partial charge < -0.3 is 10.0 Å². The molecule has 0 saturated carbocycles. The third-order valence-corrected chi connectivity index (χ3v) is 3.78. The maximum atomic E-state index is 11.5. The van der Waals surface area contributed by atoms with Crippen molar-refractivity contribution < 1.29 is 9.90 Å². The van der Waals surface area contributed by atoms with Crippen molar-refractivity contribution in [3.8, 4) is 0 Å². The Kier molecular flexibility index (Phi) is 5.39. The van der Waals surface area contributed by atoms with Gasteiger partial charge in [0.2, 0.25) is 0 Å². The molecule has 0 amide bonds. The van der Waals surface area contributed by atoms with Crippen molar-refractivity contribution >= 4 is 33.3 Å².